The molecule has 1 heterocycles. The van der Waals surface area contributed by atoms with E-state index in [0.29, 0.717) is 11.4 Å². The number of carbonyl (C=O) groups is 2. The van der Waals surface area contributed by atoms with Gasteiger partial charge in [-0.1, -0.05) is 20.8 Å². The predicted octanol–water partition coefficient (Wildman–Crippen LogP) is 3.58. The van der Waals surface area contributed by atoms with Crippen molar-refractivity contribution in [2.75, 3.05) is 11.9 Å². The minimum atomic E-state index is -0.876. The topological polar surface area (TPSA) is 122 Å². The Bertz CT molecular complexity index is 1120. The van der Waals surface area contributed by atoms with E-state index in [1.807, 2.05) is 4.68 Å². The SMILES string of the molecule is CCc1nn(-c2cc(F)c(C(N)=O)c(NC3CCC(NCC(=O)O)CC3)c2)c2c1CCC(C)(C)C2. The molecule has 0 bridgehead atoms. The summed E-state index contributed by atoms with van der Waals surface area (Å²) in [6.45, 7) is 6.50. The first-order chi connectivity index (χ1) is 16.6. The van der Waals surface area contributed by atoms with Crippen LogP contribution in [0.25, 0.3) is 5.69 Å². The number of aryl methyl sites for hydroxylation is 1. The maximum atomic E-state index is 15.3. The number of amides is 1. The van der Waals surface area contributed by atoms with Gasteiger partial charge in [0.1, 0.15) is 5.82 Å². The number of hydrogen-bond donors (Lipinski definition) is 4. The van der Waals surface area contributed by atoms with Crippen molar-refractivity contribution in [2.45, 2.75) is 84.2 Å². The molecule has 0 saturated heterocycles. The van der Waals surface area contributed by atoms with Gasteiger partial charge in [0.15, 0.2) is 0 Å². The number of aromatic nitrogens is 2. The molecule has 1 aromatic heterocycles. The van der Waals surface area contributed by atoms with E-state index in [0.717, 1.165) is 62.8 Å². The molecular weight excluding hydrogens is 449 g/mol. The van der Waals surface area contributed by atoms with E-state index in [-0.39, 0.29) is 29.6 Å². The van der Waals surface area contributed by atoms with Crippen molar-refractivity contribution in [3.63, 3.8) is 0 Å². The van der Waals surface area contributed by atoms with Gasteiger partial charge in [0.25, 0.3) is 5.91 Å². The molecule has 0 radical (unpaired) electrons. The van der Waals surface area contributed by atoms with E-state index in [1.165, 1.54) is 11.6 Å². The first kappa shape index (κ1) is 25.2. The monoisotopic (exact) mass is 485 g/mol. The van der Waals surface area contributed by atoms with Crippen molar-refractivity contribution in [1.82, 2.24) is 15.1 Å². The third kappa shape index (κ3) is 5.50. The Labute approximate surface area is 205 Å². The van der Waals surface area contributed by atoms with E-state index in [1.54, 1.807) is 6.07 Å². The summed E-state index contributed by atoms with van der Waals surface area (Å²) in [5.74, 6) is -2.35. The van der Waals surface area contributed by atoms with Gasteiger partial charge in [-0.25, -0.2) is 9.07 Å². The lowest BCUT2D eigenvalue weighted by molar-refractivity contribution is -0.136. The summed E-state index contributed by atoms with van der Waals surface area (Å²) in [4.78, 5) is 23.0. The summed E-state index contributed by atoms with van der Waals surface area (Å²) in [5.41, 5.74) is 9.93. The second-order valence-electron chi connectivity index (χ2n) is 10.7. The molecule has 35 heavy (non-hydrogen) atoms. The number of fused-ring (bicyclic) bond motifs is 1. The summed E-state index contributed by atoms with van der Waals surface area (Å²) in [5, 5.41) is 20.1. The molecule has 4 rings (SSSR count). The number of rotatable bonds is 8. The normalized spacial score (nSPS) is 21.4. The minimum absolute atomic E-state index is 0.0299. The van der Waals surface area contributed by atoms with Gasteiger partial charge in [-0.2, -0.15) is 5.10 Å². The number of nitrogens with zero attached hydrogens (tertiary/aromatic N) is 2. The number of primary amides is 1. The number of carbonyl (C=O) groups excluding carboxylic acids is 1. The molecule has 1 aromatic carbocycles. The molecule has 0 unspecified atom stereocenters. The second-order valence-corrected chi connectivity index (χ2v) is 10.7. The van der Waals surface area contributed by atoms with Crippen LogP contribution in [0.4, 0.5) is 10.1 Å². The highest BCUT2D eigenvalue weighted by Crippen LogP contribution is 2.38. The average molecular weight is 486 g/mol. The summed E-state index contributed by atoms with van der Waals surface area (Å²) >= 11 is 0. The molecule has 1 amide bonds. The van der Waals surface area contributed by atoms with E-state index in [2.05, 4.69) is 31.4 Å². The van der Waals surface area contributed by atoms with Crippen molar-refractivity contribution in [3.05, 3.63) is 40.5 Å². The number of carboxylic acid groups (broad SMARTS) is 1. The molecule has 0 atom stereocenters. The Kier molecular flexibility index (Phi) is 7.17. The van der Waals surface area contributed by atoms with Gasteiger partial charge in [0.05, 0.1) is 29.2 Å². The summed E-state index contributed by atoms with van der Waals surface area (Å²) in [6, 6.07) is 3.30. The Hall–Kier alpha value is -2.94. The van der Waals surface area contributed by atoms with Crippen molar-refractivity contribution in [1.29, 1.82) is 0 Å². The Morgan fingerprint density at radius 3 is 2.54 bits per heavy atom. The smallest absolute Gasteiger partial charge is 0.317 e. The zero-order valence-electron chi connectivity index (χ0n) is 20.8. The van der Waals surface area contributed by atoms with Gasteiger partial charge in [0.2, 0.25) is 0 Å². The van der Waals surface area contributed by atoms with Crippen LogP contribution in [0.15, 0.2) is 12.1 Å². The fraction of sp³-hybridized carbons (Fsp3) is 0.577. The molecule has 1 fully saturated rings. The highest BCUT2D eigenvalue weighted by Gasteiger charge is 2.32. The molecule has 2 aliphatic carbocycles. The lowest BCUT2D eigenvalue weighted by atomic mass is 9.76. The first-order valence-electron chi connectivity index (χ1n) is 12.5. The van der Waals surface area contributed by atoms with Crippen LogP contribution in [-0.2, 0) is 24.1 Å². The van der Waals surface area contributed by atoms with Gasteiger partial charge in [-0.3, -0.25) is 9.59 Å². The molecule has 190 valence electrons. The summed E-state index contributed by atoms with van der Waals surface area (Å²) in [7, 11) is 0. The van der Waals surface area contributed by atoms with E-state index in [4.69, 9.17) is 15.9 Å². The number of benzene rings is 1. The highest BCUT2D eigenvalue weighted by atomic mass is 19.1. The maximum absolute atomic E-state index is 15.3. The highest BCUT2D eigenvalue weighted by molar-refractivity contribution is 5.99. The molecular formula is C26H36FN5O3. The molecule has 9 heteroatoms. The van der Waals surface area contributed by atoms with Crippen molar-refractivity contribution >= 4 is 17.6 Å². The van der Waals surface area contributed by atoms with Crippen LogP contribution in [-0.4, -0.2) is 45.4 Å². The standard InChI is InChI=1S/C26H36FN5O3/c1-4-20-18-9-10-26(2,3)13-22(18)32(31-20)17-11-19(27)24(25(28)35)21(12-17)30-16-7-5-15(6-8-16)29-14-23(33)34/h11-12,15-16,29-30H,4-10,13-14H2,1-3H3,(H2,28,35)(H,33,34). The van der Waals surface area contributed by atoms with Crippen LogP contribution in [0.1, 0.15) is 80.2 Å². The van der Waals surface area contributed by atoms with Crippen LogP contribution in [0.2, 0.25) is 0 Å². The molecule has 0 spiro atoms. The van der Waals surface area contributed by atoms with Crippen molar-refractivity contribution < 1.29 is 19.1 Å². The number of nitrogens with two attached hydrogens (primary N) is 1. The minimum Gasteiger partial charge on any atom is -0.480 e. The average Bonchev–Trinajstić information content (AvgIpc) is 3.14. The van der Waals surface area contributed by atoms with Crippen molar-refractivity contribution in [3.8, 4) is 5.69 Å². The van der Waals surface area contributed by atoms with E-state index < -0.39 is 17.7 Å². The summed E-state index contributed by atoms with van der Waals surface area (Å²) < 4.78 is 17.1. The molecule has 2 aromatic rings. The maximum Gasteiger partial charge on any atom is 0.317 e. The second kappa shape index (κ2) is 9.97. The van der Waals surface area contributed by atoms with E-state index >= 15 is 4.39 Å². The van der Waals surface area contributed by atoms with Crippen LogP contribution in [0, 0.1) is 11.2 Å². The first-order valence-corrected chi connectivity index (χ1v) is 12.5. The number of anilines is 1. The number of halogens is 1. The Morgan fingerprint density at radius 1 is 1.23 bits per heavy atom. The number of aliphatic carboxylic acids is 1. The third-order valence-corrected chi connectivity index (χ3v) is 7.40. The third-order valence-electron chi connectivity index (χ3n) is 7.40. The van der Waals surface area contributed by atoms with Gasteiger partial charge in [0, 0.05) is 23.8 Å². The van der Waals surface area contributed by atoms with Gasteiger partial charge >= 0.3 is 5.97 Å². The predicted molar refractivity (Wildman–Crippen MR) is 133 cm³/mol. The van der Waals surface area contributed by atoms with Gasteiger partial charge in [-0.15, -0.1) is 0 Å². The van der Waals surface area contributed by atoms with Crippen LogP contribution in [0.5, 0.6) is 0 Å². The molecule has 8 nitrogen and oxygen atoms in total. The fourth-order valence-corrected chi connectivity index (χ4v) is 5.48. The fourth-order valence-electron chi connectivity index (χ4n) is 5.48. The van der Waals surface area contributed by atoms with Crippen molar-refractivity contribution in [2.24, 2.45) is 11.1 Å². The van der Waals surface area contributed by atoms with Crippen LogP contribution in [0.3, 0.4) is 0 Å². The largest absolute Gasteiger partial charge is 0.480 e. The molecule has 1 saturated carbocycles. The lowest BCUT2D eigenvalue weighted by Crippen LogP contribution is -2.39. The number of nitrogens with one attached hydrogen (secondary N) is 2. The van der Waals surface area contributed by atoms with E-state index in [9.17, 15) is 9.59 Å². The quantitative estimate of drug-likeness (QED) is 0.453. The molecule has 5 N–H and O–H groups in total. The zero-order valence-corrected chi connectivity index (χ0v) is 20.8. The van der Waals surface area contributed by atoms with Crippen LogP contribution >= 0.6 is 0 Å². The molecule has 0 aliphatic heterocycles. The molecule has 2 aliphatic rings. The summed E-state index contributed by atoms with van der Waals surface area (Å²) in [6.07, 6.45) is 6.83. The van der Waals surface area contributed by atoms with Gasteiger partial charge in [-0.05, 0) is 68.4 Å². The zero-order chi connectivity index (χ0) is 25.3. The van der Waals surface area contributed by atoms with Crippen LogP contribution < -0.4 is 16.4 Å². The Morgan fingerprint density at radius 2 is 1.91 bits per heavy atom. The van der Waals surface area contributed by atoms with Gasteiger partial charge < -0.3 is 21.5 Å². The Balaban J connectivity index is 1.63. The lowest BCUT2D eigenvalue weighted by Gasteiger charge is -2.31. The number of carboxylic acids is 1. The number of hydrogen-bond acceptors (Lipinski definition) is 5.